The first kappa shape index (κ1) is 16.2. The fourth-order valence-corrected chi connectivity index (χ4v) is 3.10. The molecule has 0 aromatic heterocycles. The standard InChI is InChI=1S/C19H17Cl2NO/c20-15-6-3-14(4-7-15)5-9-18(22-11-1-2-12-22)17-13-16(21)8-10-19(17)23/h3-4,6-8,10,13,18,23H,1-2,11-12H2. The van der Waals surface area contributed by atoms with Crippen LogP contribution < -0.4 is 0 Å². The highest BCUT2D eigenvalue weighted by Gasteiger charge is 2.24. The minimum Gasteiger partial charge on any atom is -0.508 e. The number of hydrogen-bond acceptors (Lipinski definition) is 2. The summed E-state index contributed by atoms with van der Waals surface area (Å²) >= 11 is 12.0. The first-order valence-corrected chi connectivity index (χ1v) is 8.38. The third-order valence-electron chi connectivity index (χ3n) is 3.99. The Morgan fingerprint density at radius 1 is 0.957 bits per heavy atom. The summed E-state index contributed by atoms with van der Waals surface area (Å²) in [6.45, 7) is 1.96. The molecule has 1 aliphatic heterocycles. The number of phenolic OH excluding ortho intramolecular Hbond substituents is 1. The molecule has 1 unspecified atom stereocenters. The van der Waals surface area contributed by atoms with Crippen molar-refractivity contribution < 1.29 is 5.11 Å². The summed E-state index contributed by atoms with van der Waals surface area (Å²) in [5.41, 5.74) is 1.67. The second-order valence-corrected chi connectivity index (χ2v) is 6.50. The number of benzene rings is 2. The maximum Gasteiger partial charge on any atom is 0.121 e. The van der Waals surface area contributed by atoms with Crippen LogP contribution in [0.1, 0.15) is 30.0 Å². The van der Waals surface area contributed by atoms with Gasteiger partial charge in [0.2, 0.25) is 0 Å². The molecule has 2 aromatic rings. The minimum absolute atomic E-state index is 0.160. The summed E-state index contributed by atoms with van der Waals surface area (Å²) < 4.78 is 0. The largest absolute Gasteiger partial charge is 0.508 e. The van der Waals surface area contributed by atoms with Crippen LogP contribution in [0.4, 0.5) is 0 Å². The average Bonchev–Trinajstić information content (AvgIpc) is 3.07. The number of halogens is 2. The highest BCUT2D eigenvalue weighted by atomic mass is 35.5. The molecule has 3 rings (SSSR count). The molecule has 0 saturated carbocycles. The van der Waals surface area contributed by atoms with Gasteiger partial charge in [-0.15, -0.1) is 0 Å². The molecule has 0 aliphatic carbocycles. The Hall–Kier alpha value is -1.66. The van der Waals surface area contributed by atoms with Crippen molar-refractivity contribution in [2.75, 3.05) is 13.1 Å². The van der Waals surface area contributed by atoms with Crippen LogP contribution in [0.5, 0.6) is 5.75 Å². The molecular weight excluding hydrogens is 329 g/mol. The van der Waals surface area contributed by atoms with Gasteiger partial charge in [-0.2, -0.15) is 0 Å². The lowest BCUT2D eigenvalue weighted by atomic mass is 10.0. The molecule has 2 aromatic carbocycles. The lowest BCUT2D eigenvalue weighted by Gasteiger charge is -2.24. The number of likely N-dealkylation sites (tertiary alicyclic amines) is 1. The van der Waals surface area contributed by atoms with E-state index in [4.69, 9.17) is 23.2 Å². The molecule has 0 spiro atoms. The van der Waals surface area contributed by atoms with Gasteiger partial charge in [0.15, 0.2) is 0 Å². The van der Waals surface area contributed by atoms with Crippen molar-refractivity contribution in [3.8, 4) is 17.6 Å². The molecule has 0 bridgehead atoms. The monoisotopic (exact) mass is 345 g/mol. The van der Waals surface area contributed by atoms with E-state index >= 15 is 0 Å². The Labute approximate surface area is 146 Å². The normalized spacial score (nSPS) is 15.9. The van der Waals surface area contributed by atoms with E-state index in [0.29, 0.717) is 10.0 Å². The van der Waals surface area contributed by atoms with Crippen LogP contribution in [0.25, 0.3) is 0 Å². The van der Waals surface area contributed by atoms with Gasteiger partial charge in [0.25, 0.3) is 0 Å². The van der Waals surface area contributed by atoms with Crippen molar-refractivity contribution in [1.29, 1.82) is 0 Å². The SMILES string of the molecule is Oc1ccc(Cl)cc1C(C#Cc1ccc(Cl)cc1)N1CCCC1. The second kappa shape index (κ2) is 7.27. The van der Waals surface area contributed by atoms with E-state index in [2.05, 4.69) is 16.7 Å². The van der Waals surface area contributed by atoms with Crippen LogP contribution in [0.2, 0.25) is 10.0 Å². The van der Waals surface area contributed by atoms with Crippen LogP contribution in [0.3, 0.4) is 0 Å². The van der Waals surface area contributed by atoms with Gasteiger partial charge in [-0.25, -0.2) is 0 Å². The van der Waals surface area contributed by atoms with E-state index in [9.17, 15) is 5.11 Å². The van der Waals surface area contributed by atoms with Gasteiger partial charge < -0.3 is 5.11 Å². The van der Waals surface area contributed by atoms with Crippen molar-refractivity contribution in [2.24, 2.45) is 0 Å². The van der Waals surface area contributed by atoms with E-state index < -0.39 is 0 Å². The van der Waals surface area contributed by atoms with E-state index in [1.165, 1.54) is 0 Å². The van der Waals surface area contributed by atoms with Gasteiger partial charge >= 0.3 is 0 Å². The predicted octanol–water partition coefficient (Wildman–Crippen LogP) is 4.89. The first-order chi connectivity index (χ1) is 11.1. The lowest BCUT2D eigenvalue weighted by Crippen LogP contribution is -2.24. The third-order valence-corrected chi connectivity index (χ3v) is 4.47. The van der Waals surface area contributed by atoms with Crippen LogP contribution in [0.15, 0.2) is 42.5 Å². The zero-order valence-corrected chi connectivity index (χ0v) is 14.1. The minimum atomic E-state index is -0.160. The van der Waals surface area contributed by atoms with E-state index in [1.807, 2.05) is 24.3 Å². The zero-order chi connectivity index (χ0) is 16.2. The molecule has 118 valence electrons. The fourth-order valence-electron chi connectivity index (χ4n) is 2.79. The Kier molecular flexibility index (Phi) is 5.13. The summed E-state index contributed by atoms with van der Waals surface area (Å²) in [5.74, 6) is 6.72. The fraction of sp³-hybridized carbons (Fsp3) is 0.263. The maximum absolute atomic E-state index is 10.2. The first-order valence-electron chi connectivity index (χ1n) is 7.63. The molecule has 1 heterocycles. The van der Waals surface area contributed by atoms with Crippen LogP contribution in [0, 0.1) is 11.8 Å². The smallest absolute Gasteiger partial charge is 0.121 e. The van der Waals surface area contributed by atoms with Gasteiger partial charge in [-0.3, -0.25) is 4.90 Å². The topological polar surface area (TPSA) is 23.5 Å². The number of rotatable bonds is 2. The van der Waals surface area contributed by atoms with Crippen molar-refractivity contribution in [3.63, 3.8) is 0 Å². The van der Waals surface area contributed by atoms with Crippen LogP contribution >= 0.6 is 23.2 Å². The Morgan fingerprint density at radius 2 is 1.61 bits per heavy atom. The van der Waals surface area contributed by atoms with Crippen molar-refractivity contribution in [1.82, 2.24) is 4.90 Å². The highest BCUT2D eigenvalue weighted by molar-refractivity contribution is 6.30. The van der Waals surface area contributed by atoms with Gasteiger partial charge in [0.1, 0.15) is 11.8 Å². The Morgan fingerprint density at radius 3 is 2.30 bits per heavy atom. The number of aromatic hydroxyl groups is 1. The Bertz CT molecular complexity index is 740. The molecule has 1 atom stereocenters. The van der Waals surface area contributed by atoms with Gasteiger partial charge in [-0.1, -0.05) is 35.0 Å². The molecule has 0 amide bonds. The van der Waals surface area contributed by atoms with E-state index in [-0.39, 0.29) is 11.8 Å². The molecule has 1 aliphatic rings. The van der Waals surface area contributed by atoms with Gasteiger partial charge in [-0.05, 0) is 68.4 Å². The predicted molar refractivity (Wildman–Crippen MR) is 95.0 cm³/mol. The third kappa shape index (κ3) is 4.00. The summed E-state index contributed by atoms with van der Waals surface area (Å²) in [5, 5.41) is 11.5. The molecule has 2 nitrogen and oxygen atoms in total. The highest BCUT2D eigenvalue weighted by Crippen LogP contribution is 2.32. The van der Waals surface area contributed by atoms with Crippen molar-refractivity contribution in [3.05, 3.63) is 63.6 Å². The number of nitrogens with zero attached hydrogens (tertiary/aromatic N) is 1. The molecule has 0 radical (unpaired) electrons. The molecular formula is C19H17Cl2NO. The Balaban J connectivity index is 1.96. The number of hydrogen-bond donors (Lipinski definition) is 1. The average molecular weight is 346 g/mol. The molecule has 1 saturated heterocycles. The number of phenols is 1. The van der Waals surface area contributed by atoms with Crippen LogP contribution in [-0.2, 0) is 0 Å². The quantitative estimate of drug-likeness (QED) is 0.783. The molecule has 23 heavy (non-hydrogen) atoms. The van der Waals surface area contributed by atoms with Gasteiger partial charge in [0, 0.05) is 21.2 Å². The lowest BCUT2D eigenvalue weighted by molar-refractivity contribution is 0.290. The zero-order valence-electron chi connectivity index (χ0n) is 12.6. The molecule has 1 fully saturated rings. The molecule has 1 N–H and O–H groups in total. The second-order valence-electron chi connectivity index (χ2n) is 5.62. The molecule has 4 heteroatoms. The summed E-state index contributed by atoms with van der Waals surface area (Å²) in [6.07, 6.45) is 2.31. The summed E-state index contributed by atoms with van der Waals surface area (Å²) in [4.78, 5) is 2.29. The van der Waals surface area contributed by atoms with Crippen molar-refractivity contribution >= 4 is 23.2 Å². The summed E-state index contributed by atoms with van der Waals surface area (Å²) in [6, 6.07) is 12.4. The summed E-state index contributed by atoms with van der Waals surface area (Å²) in [7, 11) is 0. The van der Waals surface area contributed by atoms with Crippen LogP contribution in [-0.4, -0.2) is 23.1 Å². The van der Waals surface area contributed by atoms with Crippen molar-refractivity contribution in [2.45, 2.75) is 18.9 Å². The van der Waals surface area contributed by atoms with E-state index in [1.54, 1.807) is 18.2 Å². The van der Waals surface area contributed by atoms with E-state index in [0.717, 1.165) is 37.1 Å². The maximum atomic E-state index is 10.2. The van der Waals surface area contributed by atoms with Gasteiger partial charge in [0.05, 0.1) is 0 Å².